The molecule has 1 aromatic carbocycles. The molecule has 0 bridgehead atoms. The number of rotatable bonds is 14. The molecule has 2 aliphatic carbocycles. The fourth-order valence-corrected chi connectivity index (χ4v) is 8.06. The summed E-state index contributed by atoms with van der Waals surface area (Å²) in [5.41, 5.74) is -1.64. The molecule has 5 rings (SSSR count). The Balaban J connectivity index is 1.39. The number of ether oxygens (including phenoxy) is 2. The van der Waals surface area contributed by atoms with Gasteiger partial charge in [-0.2, -0.15) is 0 Å². The van der Waals surface area contributed by atoms with Crippen molar-refractivity contribution in [2.45, 2.75) is 121 Å². The molecule has 1 aromatic rings. The van der Waals surface area contributed by atoms with E-state index in [1.165, 1.54) is 29.2 Å². The summed E-state index contributed by atoms with van der Waals surface area (Å²) in [6.07, 6.45) is 2.01. The van der Waals surface area contributed by atoms with Crippen LogP contribution in [-0.4, -0.2) is 95.0 Å². The number of alkyl carbamates (subject to hydrolysis) is 1. The monoisotopic (exact) mass is 787 g/mol. The highest BCUT2D eigenvalue weighted by molar-refractivity contribution is 7.91. The van der Waals surface area contributed by atoms with Gasteiger partial charge in [0.05, 0.1) is 18.3 Å². The minimum atomic E-state index is -3.97. The van der Waals surface area contributed by atoms with Crippen LogP contribution in [0.1, 0.15) is 84.3 Å². The zero-order valence-corrected chi connectivity index (χ0v) is 32.6. The predicted octanol–water partition coefficient (Wildman–Crippen LogP) is 3.37. The van der Waals surface area contributed by atoms with Crippen LogP contribution in [0.15, 0.2) is 43.0 Å². The van der Waals surface area contributed by atoms with Crippen LogP contribution in [0, 0.1) is 17.7 Å². The predicted molar refractivity (Wildman–Crippen MR) is 197 cm³/mol. The maximum Gasteiger partial charge on any atom is 0.410 e. The van der Waals surface area contributed by atoms with Gasteiger partial charge in [-0.15, -0.1) is 6.58 Å². The van der Waals surface area contributed by atoms with E-state index in [-0.39, 0.29) is 57.0 Å². The van der Waals surface area contributed by atoms with Crippen molar-refractivity contribution in [1.29, 1.82) is 0 Å². The molecule has 5 amide bonds. The van der Waals surface area contributed by atoms with E-state index in [4.69, 9.17) is 9.47 Å². The van der Waals surface area contributed by atoms with Crippen molar-refractivity contribution in [2.75, 3.05) is 6.54 Å². The number of sulfonamides is 1. The molecule has 15 nitrogen and oxygen atoms in total. The van der Waals surface area contributed by atoms with Crippen LogP contribution < -0.4 is 15.4 Å². The summed E-state index contributed by atoms with van der Waals surface area (Å²) in [5, 5.41) is 4.49. The number of allylic oxidation sites excluding steroid dienone is 2. The summed E-state index contributed by atoms with van der Waals surface area (Å²) >= 11 is 0. The zero-order valence-electron chi connectivity index (χ0n) is 31.8. The quantitative estimate of drug-likeness (QED) is 0.186. The number of amides is 5. The van der Waals surface area contributed by atoms with Gasteiger partial charge in [0.15, 0.2) is 5.78 Å². The van der Waals surface area contributed by atoms with E-state index in [2.05, 4.69) is 21.9 Å². The van der Waals surface area contributed by atoms with Crippen LogP contribution >= 0.6 is 0 Å². The molecule has 2 aliphatic heterocycles. The normalized spacial score (nSPS) is 23.9. The first kappa shape index (κ1) is 41.4. The average Bonchev–Trinajstić information content (AvgIpc) is 3.98. The minimum Gasteiger partial charge on any atom is -0.444 e. The van der Waals surface area contributed by atoms with E-state index >= 15 is 0 Å². The maximum atomic E-state index is 14.4. The summed E-state index contributed by atoms with van der Waals surface area (Å²) in [6, 6.07) is 1.79. The molecule has 1 saturated heterocycles. The highest BCUT2D eigenvalue weighted by Crippen LogP contribution is 2.45. The lowest BCUT2D eigenvalue weighted by Crippen LogP contribution is -2.58. The Morgan fingerprint density at radius 2 is 1.82 bits per heavy atom. The summed E-state index contributed by atoms with van der Waals surface area (Å²) < 4.78 is 53.0. The first-order chi connectivity index (χ1) is 25.7. The van der Waals surface area contributed by atoms with Crippen LogP contribution in [0.5, 0.6) is 0 Å². The van der Waals surface area contributed by atoms with Gasteiger partial charge in [0.1, 0.15) is 35.1 Å². The average molecular weight is 788 g/mol. The van der Waals surface area contributed by atoms with Gasteiger partial charge in [-0.05, 0) is 70.1 Å². The number of carbonyl (C=O) groups is 6. The van der Waals surface area contributed by atoms with Crippen LogP contribution in [0.3, 0.4) is 0 Å². The first-order valence-corrected chi connectivity index (χ1v) is 20.0. The van der Waals surface area contributed by atoms with E-state index in [1.54, 1.807) is 32.9 Å². The van der Waals surface area contributed by atoms with Crippen molar-refractivity contribution in [1.82, 2.24) is 25.2 Å². The Morgan fingerprint density at radius 1 is 1.11 bits per heavy atom. The van der Waals surface area contributed by atoms with Gasteiger partial charge in [0, 0.05) is 30.9 Å². The Kier molecular flexibility index (Phi) is 12.1. The lowest BCUT2D eigenvalue weighted by molar-refractivity contribution is -0.141. The molecule has 5 unspecified atom stereocenters. The number of carbonyl (C=O) groups excluding carboxylic acids is 6. The Hall–Kier alpha value is -4.80. The lowest BCUT2D eigenvalue weighted by Gasteiger charge is -2.30. The molecular weight excluding hydrogens is 738 g/mol. The van der Waals surface area contributed by atoms with Gasteiger partial charge in [0.25, 0.3) is 5.91 Å². The Bertz CT molecular complexity index is 1870. The van der Waals surface area contributed by atoms with Crippen molar-refractivity contribution < 1.29 is 51.0 Å². The molecule has 0 aromatic heterocycles. The highest BCUT2D eigenvalue weighted by Gasteiger charge is 2.62. The number of nitrogens with zero attached hydrogens (tertiary/aromatic N) is 2. The van der Waals surface area contributed by atoms with Gasteiger partial charge in [-0.3, -0.25) is 28.8 Å². The van der Waals surface area contributed by atoms with Gasteiger partial charge in [-0.1, -0.05) is 38.1 Å². The molecule has 0 spiro atoms. The second-order valence-electron chi connectivity index (χ2n) is 16.0. The molecule has 5 atom stereocenters. The van der Waals surface area contributed by atoms with Crippen molar-refractivity contribution in [2.24, 2.45) is 11.8 Å². The number of halogens is 1. The van der Waals surface area contributed by atoms with E-state index in [9.17, 15) is 41.6 Å². The minimum absolute atomic E-state index is 0.0499. The molecule has 2 heterocycles. The standard InChI is InChI=1S/C38H50FN5O10S/c1-7-24-18-38(24,34(48)42-55(51,52)27-14-15-27)41-32(46)31-17-26(53-36(50)43-19-23-9-8-10-29(39)28(23)21-43)20-44(31)33(47)30(40-35(49)54-37(4,5)6)16-13-25(45)12-11-22(2)3/h7-12,22,24,26-27,30-31H,1,13-21H2,2-6H3,(H,40,49)(H,41,46)(H,42,48). The fourth-order valence-electron chi connectivity index (χ4n) is 6.70. The number of hydrogen-bond donors (Lipinski definition) is 3. The number of ketones is 1. The fraction of sp³-hybridized carbons (Fsp3) is 0.579. The van der Waals surface area contributed by atoms with Crippen LogP contribution in [0.4, 0.5) is 14.0 Å². The third-order valence-corrected chi connectivity index (χ3v) is 11.7. The Morgan fingerprint density at radius 3 is 2.42 bits per heavy atom. The number of nitrogens with one attached hydrogen (secondary N) is 3. The molecule has 3 fully saturated rings. The highest BCUT2D eigenvalue weighted by atomic mass is 32.2. The topological polar surface area (TPSA) is 198 Å². The first-order valence-electron chi connectivity index (χ1n) is 18.5. The third kappa shape index (κ3) is 10.1. The zero-order chi connectivity index (χ0) is 40.5. The van der Waals surface area contributed by atoms with Crippen LogP contribution in [0.2, 0.25) is 0 Å². The van der Waals surface area contributed by atoms with Gasteiger partial charge in [-0.25, -0.2) is 22.4 Å². The van der Waals surface area contributed by atoms with Crippen molar-refractivity contribution >= 4 is 45.7 Å². The molecule has 55 heavy (non-hydrogen) atoms. The molecule has 4 aliphatic rings. The second-order valence-corrected chi connectivity index (χ2v) is 17.9. The molecule has 2 saturated carbocycles. The SMILES string of the molecule is C=CC1CC1(NC(=O)C1CC(OC(=O)N2Cc3cccc(F)c3C2)CN1C(=O)C(CCC(=O)C=CC(C)C)NC(=O)OC(C)(C)C)C(=O)NS(=O)(=O)C1CC1. The molecule has 17 heteroatoms. The van der Waals surface area contributed by atoms with Gasteiger partial charge >= 0.3 is 12.2 Å². The van der Waals surface area contributed by atoms with E-state index < -0.39 is 86.2 Å². The van der Waals surface area contributed by atoms with Crippen molar-refractivity contribution in [3.63, 3.8) is 0 Å². The van der Waals surface area contributed by atoms with E-state index in [1.807, 2.05) is 13.8 Å². The number of likely N-dealkylation sites (tertiary alicyclic amines) is 1. The third-order valence-electron chi connectivity index (χ3n) is 9.88. The number of hydrogen-bond acceptors (Lipinski definition) is 10. The second kappa shape index (κ2) is 16.1. The summed E-state index contributed by atoms with van der Waals surface area (Å²) in [6.45, 7) is 12.1. The van der Waals surface area contributed by atoms with Gasteiger partial charge < -0.3 is 25.0 Å². The molecule has 300 valence electrons. The number of fused-ring (bicyclic) bond motifs is 1. The summed E-state index contributed by atoms with van der Waals surface area (Å²) in [7, 11) is -3.97. The molecule has 3 N–H and O–H groups in total. The van der Waals surface area contributed by atoms with Crippen LogP contribution in [-0.2, 0) is 51.8 Å². The smallest absolute Gasteiger partial charge is 0.410 e. The van der Waals surface area contributed by atoms with E-state index in [0.717, 1.165) is 4.90 Å². The Labute approximate surface area is 320 Å². The largest absolute Gasteiger partial charge is 0.444 e. The van der Waals surface area contributed by atoms with Crippen LogP contribution in [0.25, 0.3) is 0 Å². The molecule has 0 radical (unpaired) electrons. The maximum absolute atomic E-state index is 14.4. The van der Waals surface area contributed by atoms with Crippen molar-refractivity contribution in [3.05, 3.63) is 60.0 Å². The summed E-state index contributed by atoms with van der Waals surface area (Å²) in [4.78, 5) is 83.5. The van der Waals surface area contributed by atoms with Crippen molar-refractivity contribution in [3.8, 4) is 0 Å². The number of benzene rings is 1. The molecular formula is C38H50FN5O10S. The lowest BCUT2D eigenvalue weighted by atomic mass is 10.0. The van der Waals surface area contributed by atoms with E-state index in [0.29, 0.717) is 24.0 Å². The summed E-state index contributed by atoms with van der Waals surface area (Å²) in [5.74, 6) is -3.86. The van der Waals surface area contributed by atoms with Gasteiger partial charge in [0.2, 0.25) is 21.8 Å².